The van der Waals surface area contributed by atoms with Gasteiger partial charge in [-0.05, 0) is 37.3 Å². The molecule has 0 saturated carbocycles. The number of piperazine rings is 1. The summed E-state index contributed by atoms with van der Waals surface area (Å²) in [6, 6.07) is 10.9. The highest BCUT2D eigenvalue weighted by Gasteiger charge is 2.31. The summed E-state index contributed by atoms with van der Waals surface area (Å²) in [6.45, 7) is 3.63. The van der Waals surface area contributed by atoms with Crippen LogP contribution in [0.4, 0.5) is 18.9 Å². The van der Waals surface area contributed by atoms with Gasteiger partial charge in [-0.2, -0.15) is 13.2 Å². The number of benzene rings is 1. The van der Waals surface area contributed by atoms with Crippen molar-refractivity contribution in [1.82, 2.24) is 14.3 Å². The Kier molecular flexibility index (Phi) is 4.49. The molecule has 0 atom stereocenters. The van der Waals surface area contributed by atoms with E-state index in [-0.39, 0.29) is 5.91 Å². The number of pyridine rings is 1. The fourth-order valence-corrected chi connectivity index (χ4v) is 3.57. The van der Waals surface area contributed by atoms with Gasteiger partial charge in [0.25, 0.3) is 5.91 Å². The van der Waals surface area contributed by atoms with Crippen LogP contribution in [-0.2, 0) is 6.18 Å². The highest BCUT2D eigenvalue weighted by molar-refractivity contribution is 5.94. The lowest BCUT2D eigenvalue weighted by atomic mass is 10.1. The van der Waals surface area contributed by atoms with Crippen LogP contribution in [0.2, 0.25) is 0 Å². The summed E-state index contributed by atoms with van der Waals surface area (Å²) in [6.07, 6.45) is -2.56. The van der Waals surface area contributed by atoms with E-state index in [1.165, 1.54) is 6.07 Å². The monoisotopic (exact) mass is 388 g/mol. The van der Waals surface area contributed by atoms with Crippen LogP contribution in [0.15, 0.2) is 48.7 Å². The Hall–Kier alpha value is -3.03. The van der Waals surface area contributed by atoms with Crippen molar-refractivity contribution < 1.29 is 18.0 Å². The Morgan fingerprint density at radius 2 is 1.79 bits per heavy atom. The number of carbonyl (C=O) groups is 1. The predicted molar refractivity (Wildman–Crippen MR) is 99.5 cm³/mol. The number of rotatable bonds is 2. The van der Waals surface area contributed by atoms with E-state index in [0.29, 0.717) is 48.9 Å². The van der Waals surface area contributed by atoms with Crippen molar-refractivity contribution in [2.24, 2.45) is 0 Å². The van der Waals surface area contributed by atoms with Crippen molar-refractivity contribution in [1.29, 1.82) is 0 Å². The molecule has 1 amide bonds. The number of carbonyl (C=O) groups excluding carboxylic acids is 1. The summed E-state index contributed by atoms with van der Waals surface area (Å²) < 4.78 is 40.6. The Bertz CT molecular complexity index is 1020. The molecule has 5 nitrogen and oxygen atoms in total. The molecule has 146 valence electrons. The summed E-state index contributed by atoms with van der Waals surface area (Å²) in [5, 5.41) is 0. The summed E-state index contributed by atoms with van der Waals surface area (Å²) >= 11 is 0. The number of hydrogen-bond acceptors (Lipinski definition) is 3. The predicted octanol–water partition coefficient (Wildman–Crippen LogP) is 3.62. The number of aryl methyl sites for hydroxylation is 1. The van der Waals surface area contributed by atoms with Crippen LogP contribution >= 0.6 is 0 Å². The van der Waals surface area contributed by atoms with E-state index in [0.717, 1.165) is 12.1 Å². The first-order valence-corrected chi connectivity index (χ1v) is 9.00. The zero-order valence-corrected chi connectivity index (χ0v) is 15.3. The van der Waals surface area contributed by atoms with E-state index in [2.05, 4.69) is 4.98 Å². The number of imidazole rings is 1. The molecule has 1 aromatic carbocycles. The van der Waals surface area contributed by atoms with Crippen molar-refractivity contribution >= 4 is 17.2 Å². The second-order valence-electron chi connectivity index (χ2n) is 6.80. The van der Waals surface area contributed by atoms with Crippen LogP contribution in [-0.4, -0.2) is 46.4 Å². The topological polar surface area (TPSA) is 40.9 Å². The minimum atomic E-state index is -4.37. The average Bonchev–Trinajstić information content (AvgIpc) is 3.03. The maximum Gasteiger partial charge on any atom is 0.416 e. The lowest BCUT2D eigenvalue weighted by Gasteiger charge is -2.36. The normalized spacial score (nSPS) is 15.3. The molecular formula is C20H19F3N4O. The molecule has 0 unspecified atom stereocenters. The number of hydrogen-bond donors (Lipinski definition) is 0. The molecular weight excluding hydrogens is 369 g/mol. The van der Waals surface area contributed by atoms with E-state index in [1.807, 2.05) is 23.1 Å². The van der Waals surface area contributed by atoms with Gasteiger partial charge in [-0.3, -0.25) is 9.20 Å². The smallest absolute Gasteiger partial charge is 0.368 e. The molecule has 0 aliphatic carbocycles. The molecule has 1 fully saturated rings. The van der Waals surface area contributed by atoms with E-state index >= 15 is 0 Å². The standard InChI is InChI=1S/C20H19F3N4O/c1-14-18(27-8-3-2-7-17(27)24-14)19(28)26-11-9-25(10-12-26)16-6-4-5-15(13-16)20(21,22)23/h2-8,13H,9-12H2,1H3. The van der Waals surface area contributed by atoms with Gasteiger partial charge in [0.2, 0.25) is 0 Å². The SMILES string of the molecule is Cc1nc2ccccn2c1C(=O)N1CCN(c2cccc(C(F)(F)F)c2)CC1. The van der Waals surface area contributed by atoms with Crippen molar-refractivity contribution in [3.05, 3.63) is 65.6 Å². The highest BCUT2D eigenvalue weighted by Crippen LogP contribution is 2.32. The third-order valence-corrected chi connectivity index (χ3v) is 5.01. The van der Waals surface area contributed by atoms with Gasteiger partial charge in [-0.1, -0.05) is 12.1 Å². The Labute approximate surface area is 160 Å². The fourth-order valence-electron chi connectivity index (χ4n) is 3.57. The lowest BCUT2D eigenvalue weighted by Crippen LogP contribution is -2.49. The van der Waals surface area contributed by atoms with Gasteiger partial charge < -0.3 is 9.80 Å². The molecule has 1 aliphatic heterocycles. The van der Waals surface area contributed by atoms with Crippen LogP contribution < -0.4 is 4.90 Å². The quantitative estimate of drug-likeness (QED) is 0.673. The summed E-state index contributed by atoms with van der Waals surface area (Å²) in [7, 11) is 0. The number of nitrogens with zero attached hydrogens (tertiary/aromatic N) is 4. The fraction of sp³-hybridized carbons (Fsp3) is 0.300. The highest BCUT2D eigenvalue weighted by atomic mass is 19.4. The van der Waals surface area contributed by atoms with Gasteiger partial charge >= 0.3 is 6.18 Å². The number of aromatic nitrogens is 2. The molecule has 1 saturated heterocycles. The van der Waals surface area contributed by atoms with Crippen molar-refractivity contribution in [2.45, 2.75) is 13.1 Å². The Morgan fingerprint density at radius 1 is 1.04 bits per heavy atom. The second-order valence-corrected chi connectivity index (χ2v) is 6.80. The number of alkyl halides is 3. The third kappa shape index (κ3) is 3.30. The van der Waals surface area contributed by atoms with Crippen molar-refractivity contribution in [2.75, 3.05) is 31.1 Å². The third-order valence-electron chi connectivity index (χ3n) is 5.01. The summed E-state index contributed by atoms with van der Waals surface area (Å²) in [5.41, 5.74) is 1.77. The van der Waals surface area contributed by atoms with Gasteiger partial charge in [0.1, 0.15) is 11.3 Å². The van der Waals surface area contributed by atoms with Crippen LogP contribution in [0.5, 0.6) is 0 Å². The molecule has 0 radical (unpaired) electrons. The molecule has 28 heavy (non-hydrogen) atoms. The van der Waals surface area contributed by atoms with Gasteiger partial charge in [-0.15, -0.1) is 0 Å². The van der Waals surface area contributed by atoms with Crippen LogP contribution in [0.3, 0.4) is 0 Å². The average molecular weight is 388 g/mol. The first-order chi connectivity index (χ1) is 13.3. The van der Waals surface area contributed by atoms with E-state index in [1.54, 1.807) is 28.5 Å². The lowest BCUT2D eigenvalue weighted by molar-refractivity contribution is -0.137. The van der Waals surface area contributed by atoms with Crippen LogP contribution in [0, 0.1) is 6.92 Å². The maximum absolute atomic E-state index is 13.0. The van der Waals surface area contributed by atoms with Gasteiger partial charge in [-0.25, -0.2) is 4.98 Å². The molecule has 8 heteroatoms. The zero-order chi connectivity index (χ0) is 19.9. The van der Waals surface area contributed by atoms with Crippen LogP contribution in [0.25, 0.3) is 5.65 Å². The van der Waals surface area contributed by atoms with Gasteiger partial charge in [0.15, 0.2) is 0 Å². The van der Waals surface area contributed by atoms with E-state index in [4.69, 9.17) is 0 Å². The molecule has 3 aromatic rings. The largest absolute Gasteiger partial charge is 0.416 e. The number of fused-ring (bicyclic) bond motifs is 1. The first-order valence-electron chi connectivity index (χ1n) is 9.00. The van der Waals surface area contributed by atoms with Gasteiger partial charge in [0, 0.05) is 38.1 Å². The molecule has 0 N–H and O–H groups in total. The summed E-state index contributed by atoms with van der Waals surface area (Å²) in [4.78, 5) is 21.1. The van der Waals surface area contributed by atoms with Crippen LogP contribution in [0.1, 0.15) is 21.7 Å². The molecule has 0 bridgehead atoms. The number of amides is 1. The summed E-state index contributed by atoms with van der Waals surface area (Å²) in [5.74, 6) is -0.111. The molecule has 1 aliphatic rings. The Morgan fingerprint density at radius 3 is 2.50 bits per heavy atom. The second kappa shape index (κ2) is 6.85. The number of halogens is 3. The minimum Gasteiger partial charge on any atom is -0.368 e. The van der Waals surface area contributed by atoms with Crippen molar-refractivity contribution in [3.63, 3.8) is 0 Å². The van der Waals surface area contributed by atoms with E-state index < -0.39 is 11.7 Å². The molecule has 2 aromatic heterocycles. The molecule has 0 spiro atoms. The zero-order valence-electron chi connectivity index (χ0n) is 15.3. The van der Waals surface area contributed by atoms with Gasteiger partial charge in [0.05, 0.1) is 11.3 Å². The Balaban J connectivity index is 1.50. The maximum atomic E-state index is 13.0. The molecule has 3 heterocycles. The van der Waals surface area contributed by atoms with Crippen molar-refractivity contribution in [3.8, 4) is 0 Å². The number of anilines is 1. The molecule has 4 rings (SSSR count). The minimum absolute atomic E-state index is 0.111. The van der Waals surface area contributed by atoms with E-state index in [9.17, 15) is 18.0 Å². The first kappa shape index (κ1) is 18.3.